The topological polar surface area (TPSA) is 77.2 Å². The molecule has 1 unspecified atom stereocenters. The van der Waals surface area contributed by atoms with Gasteiger partial charge >= 0.3 is 0 Å². The minimum atomic E-state index is -0.223. The Labute approximate surface area is 104 Å². The molecule has 1 aromatic heterocycles. The molecule has 0 radical (unpaired) electrons. The second-order valence-electron chi connectivity index (χ2n) is 4.03. The average molecular weight is 256 g/mol. The van der Waals surface area contributed by atoms with Crippen molar-refractivity contribution < 1.29 is 9.53 Å². The third-order valence-corrected chi connectivity index (χ3v) is 2.93. The van der Waals surface area contributed by atoms with Crippen LogP contribution in [-0.4, -0.2) is 30.6 Å². The summed E-state index contributed by atoms with van der Waals surface area (Å²) in [6.07, 6.45) is 2.36. The average Bonchev–Trinajstić information content (AvgIpc) is 2.82. The van der Waals surface area contributed by atoms with Gasteiger partial charge in [0.1, 0.15) is 5.15 Å². The van der Waals surface area contributed by atoms with Crippen LogP contribution in [0, 0.1) is 5.92 Å². The second-order valence-corrected chi connectivity index (χ2v) is 4.42. The van der Waals surface area contributed by atoms with E-state index >= 15 is 0 Å². The molecule has 1 aliphatic rings. The van der Waals surface area contributed by atoms with Crippen LogP contribution in [0.4, 0.5) is 5.69 Å². The van der Waals surface area contributed by atoms with E-state index < -0.39 is 0 Å². The first kappa shape index (κ1) is 12.1. The lowest BCUT2D eigenvalue weighted by atomic mass is 10.1. The largest absolute Gasteiger partial charge is 0.397 e. The molecule has 1 aromatic rings. The standard InChI is InChI=1S/C11H14ClN3O2/c12-10-3-8(9(13)5-14-10)11(16)15-4-7-1-2-17-6-7/h3,5,7H,1-2,4,6,13H2,(H,15,16). The van der Waals surface area contributed by atoms with Crippen LogP contribution in [0.25, 0.3) is 0 Å². The number of aromatic nitrogens is 1. The number of hydrogen-bond acceptors (Lipinski definition) is 4. The molecule has 1 fully saturated rings. The number of ether oxygens (including phenoxy) is 1. The number of pyridine rings is 1. The van der Waals surface area contributed by atoms with Crippen LogP contribution in [0.15, 0.2) is 12.3 Å². The van der Waals surface area contributed by atoms with Gasteiger partial charge in [-0.05, 0) is 12.5 Å². The molecule has 3 N–H and O–H groups in total. The number of nitrogen functional groups attached to an aromatic ring is 1. The molecule has 2 heterocycles. The molecule has 1 saturated heterocycles. The summed E-state index contributed by atoms with van der Waals surface area (Å²) in [7, 11) is 0. The number of hydrogen-bond donors (Lipinski definition) is 2. The monoisotopic (exact) mass is 255 g/mol. The van der Waals surface area contributed by atoms with Gasteiger partial charge in [0.15, 0.2) is 0 Å². The number of amides is 1. The lowest BCUT2D eigenvalue weighted by molar-refractivity contribution is 0.0946. The number of anilines is 1. The van der Waals surface area contributed by atoms with Crippen LogP contribution < -0.4 is 11.1 Å². The molecule has 0 spiro atoms. The first-order chi connectivity index (χ1) is 8.16. The zero-order valence-corrected chi connectivity index (χ0v) is 10.0. The van der Waals surface area contributed by atoms with Gasteiger partial charge in [0.25, 0.3) is 5.91 Å². The number of nitrogens with one attached hydrogen (secondary N) is 1. The minimum Gasteiger partial charge on any atom is -0.397 e. The van der Waals surface area contributed by atoms with Gasteiger partial charge in [-0.15, -0.1) is 0 Å². The first-order valence-corrected chi connectivity index (χ1v) is 5.81. The maximum Gasteiger partial charge on any atom is 0.253 e. The van der Waals surface area contributed by atoms with E-state index in [0.717, 1.165) is 13.0 Å². The highest BCUT2D eigenvalue weighted by Gasteiger charge is 2.17. The number of nitrogens with zero attached hydrogens (tertiary/aromatic N) is 1. The molecular formula is C11H14ClN3O2. The highest BCUT2D eigenvalue weighted by molar-refractivity contribution is 6.29. The highest BCUT2D eigenvalue weighted by atomic mass is 35.5. The van der Waals surface area contributed by atoms with Crippen molar-refractivity contribution in [1.82, 2.24) is 10.3 Å². The third kappa shape index (κ3) is 3.08. The molecule has 0 aliphatic carbocycles. The fourth-order valence-electron chi connectivity index (χ4n) is 1.71. The summed E-state index contributed by atoms with van der Waals surface area (Å²) in [4.78, 5) is 15.7. The zero-order valence-electron chi connectivity index (χ0n) is 9.28. The van der Waals surface area contributed by atoms with Crippen molar-refractivity contribution in [2.24, 2.45) is 5.92 Å². The van der Waals surface area contributed by atoms with Crippen LogP contribution in [0.5, 0.6) is 0 Å². The molecule has 1 atom stereocenters. The Balaban J connectivity index is 1.96. The highest BCUT2D eigenvalue weighted by Crippen LogP contribution is 2.15. The summed E-state index contributed by atoms with van der Waals surface area (Å²) in [5.74, 6) is 0.163. The van der Waals surface area contributed by atoms with Gasteiger partial charge in [-0.2, -0.15) is 0 Å². The van der Waals surface area contributed by atoms with Crippen molar-refractivity contribution >= 4 is 23.2 Å². The van der Waals surface area contributed by atoms with Crippen LogP contribution in [0.2, 0.25) is 5.15 Å². The van der Waals surface area contributed by atoms with Crippen LogP contribution >= 0.6 is 11.6 Å². The molecule has 1 aliphatic heterocycles. The minimum absolute atomic E-state index is 0.223. The molecule has 17 heavy (non-hydrogen) atoms. The normalized spacial score (nSPS) is 19.2. The predicted molar refractivity (Wildman–Crippen MR) is 64.9 cm³/mol. The van der Waals surface area contributed by atoms with E-state index in [9.17, 15) is 4.79 Å². The van der Waals surface area contributed by atoms with Crippen molar-refractivity contribution in [3.05, 3.63) is 23.0 Å². The predicted octanol–water partition coefficient (Wildman–Crippen LogP) is 1.08. The maximum absolute atomic E-state index is 11.9. The lowest BCUT2D eigenvalue weighted by Crippen LogP contribution is -2.30. The lowest BCUT2D eigenvalue weighted by Gasteiger charge is -2.10. The Morgan fingerprint density at radius 3 is 3.24 bits per heavy atom. The molecular weight excluding hydrogens is 242 g/mol. The van der Waals surface area contributed by atoms with E-state index in [1.54, 1.807) is 0 Å². The van der Waals surface area contributed by atoms with Crippen molar-refractivity contribution in [3.8, 4) is 0 Å². The molecule has 6 heteroatoms. The number of carbonyl (C=O) groups excluding carboxylic acids is 1. The Kier molecular flexibility index (Phi) is 3.81. The third-order valence-electron chi connectivity index (χ3n) is 2.72. The van der Waals surface area contributed by atoms with Crippen molar-refractivity contribution in [3.63, 3.8) is 0 Å². The number of nitrogens with two attached hydrogens (primary N) is 1. The quantitative estimate of drug-likeness (QED) is 0.793. The zero-order chi connectivity index (χ0) is 12.3. The van der Waals surface area contributed by atoms with Gasteiger partial charge in [-0.1, -0.05) is 11.6 Å². The van der Waals surface area contributed by atoms with Crippen LogP contribution in [0.3, 0.4) is 0 Å². The molecule has 0 aromatic carbocycles. The maximum atomic E-state index is 11.9. The van der Waals surface area contributed by atoms with Crippen molar-refractivity contribution in [2.45, 2.75) is 6.42 Å². The van der Waals surface area contributed by atoms with Crippen LogP contribution in [-0.2, 0) is 4.74 Å². The summed E-state index contributed by atoms with van der Waals surface area (Å²) in [5, 5.41) is 3.08. The molecule has 5 nitrogen and oxygen atoms in total. The van der Waals surface area contributed by atoms with E-state index in [-0.39, 0.29) is 11.1 Å². The first-order valence-electron chi connectivity index (χ1n) is 5.44. The number of carbonyl (C=O) groups is 1. The SMILES string of the molecule is Nc1cnc(Cl)cc1C(=O)NCC1CCOC1. The van der Waals surface area contributed by atoms with Crippen molar-refractivity contribution in [2.75, 3.05) is 25.5 Å². The van der Waals surface area contributed by atoms with E-state index in [1.165, 1.54) is 12.3 Å². The molecule has 2 rings (SSSR count). The molecule has 0 bridgehead atoms. The van der Waals surface area contributed by atoms with Gasteiger partial charge in [0.05, 0.1) is 24.1 Å². The smallest absolute Gasteiger partial charge is 0.253 e. The molecule has 1 amide bonds. The van der Waals surface area contributed by atoms with Crippen molar-refractivity contribution in [1.29, 1.82) is 0 Å². The fourth-order valence-corrected chi connectivity index (χ4v) is 1.87. The van der Waals surface area contributed by atoms with Gasteiger partial charge < -0.3 is 15.8 Å². The Morgan fingerprint density at radius 2 is 2.53 bits per heavy atom. The Hall–Kier alpha value is -1.33. The second kappa shape index (κ2) is 5.33. The van der Waals surface area contributed by atoms with Gasteiger partial charge in [-0.25, -0.2) is 4.98 Å². The fraction of sp³-hybridized carbons (Fsp3) is 0.455. The summed E-state index contributed by atoms with van der Waals surface area (Å²) in [6, 6.07) is 1.47. The molecule has 0 saturated carbocycles. The summed E-state index contributed by atoms with van der Waals surface area (Å²) >= 11 is 5.72. The van der Waals surface area contributed by atoms with Crippen LogP contribution in [0.1, 0.15) is 16.8 Å². The molecule has 92 valence electrons. The summed E-state index contributed by atoms with van der Waals surface area (Å²) in [5.41, 5.74) is 6.36. The number of rotatable bonds is 3. The summed E-state index contributed by atoms with van der Waals surface area (Å²) < 4.78 is 5.23. The van der Waals surface area contributed by atoms with Gasteiger partial charge in [-0.3, -0.25) is 4.79 Å². The Bertz CT molecular complexity index is 419. The Morgan fingerprint density at radius 1 is 1.71 bits per heavy atom. The van der Waals surface area contributed by atoms with E-state index in [0.29, 0.717) is 30.3 Å². The van der Waals surface area contributed by atoms with E-state index in [1.807, 2.05) is 0 Å². The van der Waals surface area contributed by atoms with E-state index in [2.05, 4.69) is 10.3 Å². The van der Waals surface area contributed by atoms with E-state index in [4.69, 9.17) is 22.1 Å². The van der Waals surface area contributed by atoms with Gasteiger partial charge in [0, 0.05) is 19.1 Å². The number of halogens is 1. The summed E-state index contributed by atoms with van der Waals surface area (Å²) in [6.45, 7) is 2.06. The van der Waals surface area contributed by atoms with Gasteiger partial charge in [0.2, 0.25) is 0 Å².